The van der Waals surface area contributed by atoms with E-state index >= 15 is 0 Å². The van der Waals surface area contributed by atoms with E-state index in [1.165, 1.54) is 27.8 Å². The van der Waals surface area contributed by atoms with Crippen molar-refractivity contribution >= 4 is 19.7 Å². The lowest BCUT2D eigenvalue weighted by Crippen LogP contribution is -2.20. The van der Waals surface area contributed by atoms with Crippen molar-refractivity contribution in [1.82, 2.24) is 0 Å². The molecule has 0 saturated carbocycles. The summed E-state index contributed by atoms with van der Waals surface area (Å²) in [5.74, 6) is 0.928. The lowest BCUT2D eigenvalue weighted by atomic mass is 9.80. The van der Waals surface area contributed by atoms with Crippen molar-refractivity contribution in [2.45, 2.75) is 39.8 Å². The molecule has 0 bridgehead atoms. The van der Waals surface area contributed by atoms with Gasteiger partial charge in [-0.3, -0.25) is 0 Å². The summed E-state index contributed by atoms with van der Waals surface area (Å²) in [4.78, 5) is 0. The predicted molar refractivity (Wildman–Crippen MR) is 112 cm³/mol. The molecule has 2 unspecified atom stereocenters. The first kappa shape index (κ1) is 16.5. The normalized spacial score (nSPS) is 24.5. The first-order chi connectivity index (χ1) is 12.0. The zero-order valence-electron chi connectivity index (χ0n) is 15.9. The fourth-order valence-electron chi connectivity index (χ4n) is 4.78. The molecule has 0 aromatic heterocycles. The molecule has 0 spiro atoms. The van der Waals surface area contributed by atoms with Crippen molar-refractivity contribution in [2.24, 2.45) is 5.92 Å². The van der Waals surface area contributed by atoms with Gasteiger partial charge in [0.1, 0.15) is 0 Å². The van der Waals surface area contributed by atoms with Crippen LogP contribution in [-0.4, -0.2) is 13.6 Å². The van der Waals surface area contributed by atoms with Crippen molar-refractivity contribution in [3.63, 3.8) is 0 Å². The fraction of sp³-hybridized carbons (Fsp3) is 0.292. The molecule has 0 N–H and O–H groups in total. The van der Waals surface area contributed by atoms with Crippen LogP contribution in [0, 0.1) is 5.92 Å². The molecular formula is C24H26Si. The Morgan fingerprint density at radius 1 is 0.960 bits per heavy atom. The van der Waals surface area contributed by atoms with Crippen molar-refractivity contribution < 1.29 is 0 Å². The van der Waals surface area contributed by atoms with E-state index in [1.807, 2.05) is 0 Å². The molecule has 0 amide bonds. The maximum atomic E-state index is 2.41. The maximum absolute atomic E-state index is 2.41. The number of allylic oxidation sites excluding steroid dienone is 9. The molecule has 25 heavy (non-hydrogen) atoms. The van der Waals surface area contributed by atoms with E-state index in [2.05, 4.69) is 88.5 Å². The van der Waals surface area contributed by atoms with E-state index in [4.69, 9.17) is 0 Å². The SMILES string of the molecule is CC1=CC2=CC=CC(=[Si](C)C)C(C)C2=C1C1C(C)=Cc2ccccc21. The quantitative estimate of drug-likeness (QED) is 0.542. The lowest BCUT2D eigenvalue weighted by molar-refractivity contribution is 0.881. The van der Waals surface area contributed by atoms with Crippen molar-refractivity contribution in [3.05, 3.63) is 87.6 Å². The van der Waals surface area contributed by atoms with Crippen molar-refractivity contribution in [1.29, 1.82) is 0 Å². The third-order valence-corrected chi connectivity index (χ3v) is 7.62. The smallest absolute Gasteiger partial charge is 0.0311 e. The van der Waals surface area contributed by atoms with E-state index < -0.39 is 8.41 Å². The summed E-state index contributed by atoms with van der Waals surface area (Å²) < 4.78 is 0. The molecule has 0 fully saturated rings. The second-order valence-corrected chi connectivity index (χ2v) is 10.3. The Morgan fingerprint density at radius 3 is 2.48 bits per heavy atom. The van der Waals surface area contributed by atoms with Gasteiger partial charge < -0.3 is 0 Å². The Morgan fingerprint density at radius 2 is 1.72 bits per heavy atom. The van der Waals surface area contributed by atoms with Gasteiger partial charge in [-0.25, -0.2) is 0 Å². The molecule has 0 radical (unpaired) electrons. The van der Waals surface area contributed by atoms with Gasteiger partial charge in [0.2, 0.25) is 0 Å². The number of hydrogen-bond acceptors (Lipinski definition) is 0. The minimum atomic E-state index is -0.457. The molecule has 0 saturated heterocycles. The lowest BCUT2D eigenvalue weighted by Gasteiger charge is -2.25. The average Bonchev–Trinajstić information content (AvgIpc) is 3.00. The highest BCUT2D eigenvalue weighted by Crippen LogP contribution is 2.50. The summed E-state index contributed by atoms with van der Waals surface area (Å²) >= 11 is 0. The fourth-order valence-corrected chi connectivity index (χ4v) is 6.22. The zero-order chi connectivity index (χ0) is 17.7. The van der Waals surface area contributed by atoms with E-state index in [0.29, 0.717) is 11.8 Å². The van der Waals surface area contributed by atoms with Gasteiger partial charge in [0.25, 0.3) is 0 Å². The molecule has 0 nitrogen and oxygen atoms in total. The largest absolute Gasteiger partial charge is 0.0631 e. The van der Waals surface area contributed by atoms with Gasteiger partial charge in [-0.05, 0) is 47.3 Å². The average molecular weight is 343 g/mol. The standard InChI is InChI=1S/C24H26Si/c1-15-13-18-9-6-7-11-20(18)22(15)23-16(2)14-19-10-8-12-21(25(4)5)17(3)24(19)23/h6-14,17,22H,1-5H3. The molecular weight excluding hydrogens is 316 g/mol. The van der Waals surface area contributed by atoms with Crippen LogP contribution in [0.25, 0.3) is 6.08 Å². The van der Waals surface area contributed by atoms with Gasteiger partial charge in [-0.1, -0.05) is 85.4 Å². The minimum absolute atomic E-state index is 0.416. The van der Waals surface area contributed by atoms with Gasteiger partial charge in [0.05, 0.1) is 0 Å². The molecule has 0 heterocycles. The first-order valence-corrected chi connectivity index (χ1v) is 11.7. The van der Waals surface area contributed by atoms with Crippen LogP contribution in [-0.2, 0) is 0 Å². The topological polar surface area (TPSA) is 0 Å². The molecule has 1 aromatic rings. The van der Waals surface area contributed by atoms with E-state index in [0.717, 1.165) is 0 Å². The zero-order valence-corrected chi connectivity index (χ0v) is 16.9. The molecule has 0 aliphatic heterocycles. The maximum Gasteiger partial charge on any atom is 0.0311 e. The monoisotopic (exact) mass is 342 g/mol. The number of benzene rings is 1. The number of rotatable bonds is 1. The van der Waals surface area contributed by atoms with Gasteiger partial charge in [0, 0.05) is 20.2 Å². The third-order valence-electron chi connectivity index (χ3n) is 5.86. The van der Waals surface area contributed by atoms with Crippen LogP contribution in [0.2, 0.25) is 13.1 Å². The highest BCUT2D eigenvalue weighted by molar-refractivity contribution is 6.71. The molecule has 3 aliphatic carbocycles. The minimum Gasteiger partial charge on any atom is -0.0631 e. The van der Waals surface area contributed by atoms with Gasteiger partial charge in [-0.15, -0.1) is 0 Å². The van der Waals surface area contributed by atoms with Crippen LogP contribution in [0.1, 0.15) is 37.8 Å². The third kappa shape index (κ3) is 2.53. The second kappa shape index (κ2) is 6.07. The summed E-state index contributed by atoms with van der Waals surface area (Å²) in [6, 6.07) is 8.90. The highest BCUT2D eigenvalue weighted by atomic mass is 28.2. The number of fused-ring (bicyclic) bond motifs is 2. The second-order valence-electron chi connectivity index (χ2n) is 7.76. The Kier molecular flexibility index (Phi) is 4.00. The molecule has 4 rings (SSSR count). The van der Waals surface area contributed by atoms with Gasteiger partial charge >= 0.3 is 0 Å². The number of hydrogen-bond donors (Lipinski definition) is 0. The Balaban J connectivity index is 1.95. The van der Waals surface area contributed by atoms with Crippen molar-refractivity contribution in [3.8, 4) is 0 Å². The van der Waals surface area contributed by atoms with Crippen LogP contribution in [0.5, 0.6) is 0 Å². The van der Waals surface area contributed by atoms with E-state index in [9.17, 15) is 0 Å². The molecule has 126 valence electrons. The highest BCUT2D eigenvalue weighted by Gasteiger charge is 2.34. The molecule has 3 aliphatic rings. The summed E-state index contributed by atoms with van der Waals surface area (Å²) in [6.45, 7) is 11.8. The molecule has 2 atom stereocenters. The summed E-state index contributed by atoms with van der Waals surface area (Å²) in [7, 11) is -0.457. The molecule has 1 heteroatoms. The van der Waals surface area contributed by atoms with Crippen LogP contribution in [0.15, 0.2) is 76.4 Å². The van der Waals surface area contributed by atoms with Crippen LogP contribution in [0.4, 0.5) is 0 Å². The molecule has 1 aromatic carbocycles. The summed E-state index contributed by atoms with van der Waals surface area (Å²) in [5, 5.41) is 1.64. The van der Waals surface area contributed by atoms with Crippen LogP contribution < -0.4 is 0 Å². The van der Waals surface area contributed by atoms with E-state index in [1.54, 1.807) is 16.3 Å². The van der Waals surface area contributed by atoms with Crippen LogP contribution in [0.3, 0.4) is 0 Å². The van der Waals surface area contributed by atoms with E-state index in [-0.39, 0.29) is 0 Å². The first-order valence-electron chi connectivity index (χ1n) is 9.25. The van der Waals surface area contributed by atoms with Gasteiger partial charge in [-0.2, -0.15) is 0 Å². The summed E-state index contributed by atoms with van der Waals surface area (Å²) in [6.07, 6.45) is 11.7. The Bertz CT molecular complexity index is 940. The Hall–Kier alpha value is -1.99. The predicted octanol–water partition coefficient (Wildman–Crippen LogP) is 6.08. The van der Waals surface area contributed by atoms with Crippen LogP contribution >= 0.6 is 0 Å². The van der Waals surface area contributed by atoms with Crippen molar-refractivity contribution in [2.75, 3.05) is 0 Å². The van der Waals surface area contributed by atoms with Gasteiger partial charge in [0.15, 0.2) is 0 Å². The summed E-state index contributed by atoms with van der Waals surface area (Å²) in [5.41, 5.74) is 10.3. The Labute approximate surface area is 153 Å².